The molecule has 5 aromatic rings. The highest BCUT2D eigenvalue weighted by Gasteiger charge is 2.17. The number of nitrogens with zero attached hydrogens (tertiary/aromatic N) is 4. The van der Waals surface area contributed by atoms with Crippen LogP contribution in [0, 0.1) is 0 Å². The Balaban J connectivity index is 1.42. The molecule has 0 saturated heterocycles. The van der Waals surface area contributed by atoms with E-state index in [1.165, 1.54) is 0 Å². The first-order valence-electron chi connectivity index (χ1n) is 10.7. The number of benzene rings is 2. The van der Waals surface area contributed by atoms with Gasteiger partial charge >= 0.3 is 0 Å². The number of para-hydroxylation sites is 1. The zero-order valence-corrected chi connectivity index (χ0v) is 18.4. The summed E-state index contributed by atoms with van der Waals surface area (Å²) in [7, 11) is 1.76. The molecule has 0 aliphatic rings. The van der Waals surface area contributed by atoms with Crippen molar-refractivity contribution in [1.29, 1.82) is 0 Å². The summed E-state index contributed by atoms with van der Waals surface area (Å²) in [5.74, 6) is 0.567. The zero-order valence-electron chi connectivity index (χ0n) is 18.4. The molecule has 3 heterocycles. The van der Waals surface area contributed by atoms with Gasteiger partial charge < -0.3 is 14.5 Å². The van der Waals surface area contributed by atoms with Crippen LogP contribution < -0.4 is 10.1 Å². The van der Waals surface area contributed by atoms with Gasteiger partial charge in [-0.3, -0.25) is 9.48 Å². The van der Waals surface area contributed by atoms with Crippen molar-refractivity contribution in [3.8, 4) is 28.3 Å². The molecule has 33 heavy (non-hydrogen) atoms. The van der Waals surface area contributed by atoms with Crippen LogP contribution in [0.15, 0.2) is 85.2 Å². The third kappa shape index (κ3) is 4.08. The number of anilines is 1. The van der Waals surface area contributed by atoms with E-state index in [4.69, 9.17) is 4.74 Å². The van der Waals surface area contributed by atoms with Crippen LogP contribution in [0.25, 0.3) is 28.2 Å². The second kappa shape index (κ2) is 8.63. The lowest BCUT2D eigenvalue weighted by molar-refractivity contribution is 0.101. The Morgan fingerprint density at radius 3 is 2.58 bits per heavy atom. The lowest BCUT2D eigenvalue weighted by atomic mass is 10.1. The number of hydrogen-bond acceptors (Lipinski definition) is 4. The second-order valence-electron chi connectivity index (χ2n) is 7.59. The highest BCUT2D eigenvalue weighted by atomic mass is 16.5. The van der Waals surface area contributed by atoms with Crippen LogP contribution in [0.2, 0.25) is 0 Å². The highest BCUT2D eigenvalue weighted by molar-refractivity contribution is 6.05. The van der Waals surface area contributed by atoms with Crippen molar-refractivity contribution in [2.45, 2.75) is 6.92 Å². The van der Waals surface area contributed by atoms with Crippen LogP contribution in [0.3, 0.4) is 0 Å². The van der Waals surface area contributed by atoms with Crippen LogP contribution >= 0.6 is 0 Å². The van der Waals surface area contributed by atoms with Gasteiger partial charge in [0, 0.05) is 30.6 Å². The number of fused-ring (bicyclic) bond motifs is 1. The fourth-order valence-electron chi connectivity index (χ4n) is 3.78. The summed E-state index contributed by atoms with van der Waals surface area (Å²) in [6.45, 7) is 2.56. The molecule has 3 aromatic heterocycles. The first kappa shape index (κ1) is 20.5. The van der Waals surface area contributed by atoms with E-state index in [0.717, 1.165) is 33.9 Å². The number of rotatable bonds is 6. The Labute approximate surface area is 191 Å². The molecule has 2 aromatic carbocycles. The molecular formula is C26H23N5O2. The van der Waals surface area contributed by atoms with Crippen LogP contribution in [-0.4, -0.2) is 31.7 Å². The fourth-order valence-corrected chi connectivity index (χ4v) is 3.78. The average Bonchev–Trinajstić information content (AvgIpc) is 3.44. The van der Waals surface area contributed by atoms with Crippen LogP contribution in [-0.2, 0) is 7.05 Å². The number of aryl methyl sites for hydroxylation is 1. The standard InChI is InChI=1S/C26H23N5O2/c1-3-33-19-13-11-18(12-14-19)22-16-24(30(2)29-22)26(32)28-21-9-5-4-8-20(21)23-17-31-15-7-6-10-25(31)27-23/h4-17H,3H2,1-2H3,(H,28,32). The summed E-state index contributed by atoms with van der Waals surface area (Å²) in [6.07, 6.45) is 3.90. The van der Waals surface area contributed by atoms with Gasteiger partial charge in [0.2, 0.25) is 0 Å². The highest BCUT2D eigenvalue weighted by Crippen LogP contribution is 2.28. The summed E-state index contributed by atoms with van der Waals surface area (Å²) in [6, 6.07) is 23.0. The third-order valence-corrected chi connectivity index (χ3v) is 5.39. The predicted octanol–water partition coefficient (Wildman–Crippen LogP) is 5.05. The Morgan fingerprint density at radius 1 is 1.00 bits per heavy atom. The smallest absolute Gasteiger partial charge is 0.273 e. The van der Waals surface area contributed by atoms with E-state index in [-0.39, 0.29) is 5.91 Å². The molecule has 0 atom stereocenters. The van der Waals surface area contributed by atoms with Gasteiger partial charge in [0.05, 0.1) is 23.7 Å². The second-order valence-corrected chi connectivity index (χ2v) is 7.59. The van der Waals surface area contributed by atoms with Crippen molar-refractivity contribution in [2.24, 2.45) is 7.05 Å². The molecule has 7 nitrogen and oxygen atoms in total. The Bertz CT molecular complexity index is 1400. The zero-order chi connectivity index (χ0) is 22.8. The number of aromatic nitrogens is 4. The molecule has 0 saturated carbocycles. The minimum Gasteiger partial charge on any atom is -0.494 e. The van der Waals surface area contributed by atoms with Gasteiger partial charge in [-0.05, 0) is 55.5 Å². The lowest BCUT2D eigenvalue weighted by Gasteiger charge is -2.09. The summed E-state index contributed by atoms with van der Waals surface area (Å²) in [5.41, 5.74) is 5.27. The fraction of sp³-hybridized carbons (Fsp3) is 0.115. The molecule has 0 aliphatic carbocycles. The summed E-state index contributed by atoms with van der Waals surface area (Å²) in [4.78, 5) is 17.8. The van der Waals surface area contributed by atoms with Crippen molar-refractivity contribution < 1.29 is 9.53 Å². The number of imidazole rings is 1. The molecule has 0 aliphatic heterocycles. The molecule has 164 valence electrons. The van der Waals surface area contributed by atoms with Crippen molar-refractivity contribution >= 4 is 17.2 Å². The Morgan fingerprint density at radius 2 is 1.79 bits per heavy atom. The summed E-state index contributed by atoms with van der Waals surface area (Å²) in [5, 5.41) is 7.56. The quantitative estimate of drug-likeness (QED) is 0.403. The summed E-state index contributed by atoms with van der Waals surface area (Å²) >= 11 is 0. The van der Waals surface area contributed by atoms with Crippen molar-refractivity contribution in [3.05, 3.63) is 90.9 Å². The van der Waals surface area contributed by atoms with Gasteiger partial charge in [-0.15, -0.1) is 0 Å². The predicted molar refractivity (Wildman–Crippen MR) is 128 cm³/mol. The van der Waals surface area contributed by atoms with Crippen molar-refractivity contribution in [1.82, 2.24) is 19.2 Å². The molecule has 0 radical (unpaired) electrons. The van der Waals surface area contributed by atoms with E-state index in [1.54, 1.807) is 17.8 Å². The monoisotopic (exact) mass is 437 g/mol. The number of carbonyl (C=O) groups excluding carboxylic acids is 1. The van der Waals surface area contributed by atoms with E-state index >= 15 is 0 Å². The molecule has 1 amide bonds. The SMILES string of the molecule is CCOc1ccc(-c2cc(C(=O)Nc3ccccc3-c3cn4ccccc4n3)n(C)n2)cc1. The number of hydrogen-bond donors (Lipinski definition) is 1. The topological polar surface area (TPSA) is 73.4 Å². The molecule has 7 heteroatoms. The largest absolute Gasteiger partial charge is 0.494 e. The number of ether oxygens (including phenoxy) is 1. The first-order valence-corrected chi connectivity index (χ1v) is 10.7. The molecule has 1 N–H and O–H groups in total. The van der Waals surface area contributed by atoms with Crippen LogP contribution in [0.5, 0.6) is 5.75 Å². The van der Waals surface area contributed by atoms with E-state index in [2.05, 4.69) is 15.4 Å². The van der Waals surface area contributed by atoms with E-state index in [9.17, 15) is 4.79 Å². The van der Waals surface area contributed by atoms with E-state index < -0.39 is 0 Å². The molecule has 0 fully saturated rings. The molecule has 5 rings (SSSR count). The minimum atomic E-state index is -0.238. The maximum atomic E-state index is 13.2. The number of amides is 1. The maximum absolute atomic E-state index is 13.2. The van der Waals surface area contributed by atoms with Gasteiger partial charge in [0.1, 0.15) is 17.1 Å². The third-order valence-electron chi connectivity index (χ3n) is 5.39. The Hall–Kier alpha value is -4.39. The minimum absolute atomic E-state index is 0.238. The van der Waals surface area contributed by atoms with Gasteiger partial charge in [-0.2, -0.15) is 5.10 Å². The van der Waals surface area contributed by atoms with Crippen molar-refractivity contribution in [2.75, 3.05) is 11.9 Å². The molecule has 0 unspecified atom stereocenters. The van der Waals surface area contributed by atoms with Gasteiger partial charge in [0.15, 0.2) is 0 Å². The average molecular weight is 438 g/mol. The van der Waals surface area contributed by atoms with Crippen molar-refractivity contribution in [3.63, 3.8) is 0 Å². The van der Waals surface area contributed by atoms with Crippen LogP contribution in [0.4, 0.5) is 5.69 Å². The normalized spacial score (nSPS) is 11.0. The van der Waals surface area contributed by atoms with E-state index in [1.807, 2.05) is 90.4 Å². The molecule has 0 bridgehead atoms. The summed E-state index contributed by atoms with van der Waals surface area (Å²) < 4.78 is 9.05. The van der Waals surface area contributed by atoms with Gasteiger partial charge in [-0.25, -0.2) is 4.98 Å². The Kier molecular flexibility index (Phi) is 5.36. The number of nitrogens with one attached hydrogen (secondary N) is 1. The molecular weight excluding hydrogens is 414 g/mol. The number of pyridine rings is 1. The van der Waals surface area contributed by atoms with Gasteiger partial charge in [-0.1, -0.05) is 24.3 Å². The number of carbonyl (C=O) groups is 1. The molecule has 0 spiro atoms. The van der Waals surface area contributed by atoms with Crippen LogP contribution in [0.1, 0.15) is 17.4 Å². The lowest BCUT2D eigenvalue weighted by Crippen LogP contribution is -2.16. The maximum Gasteiger partial charge on any atom is 0.273 e. The first-order chi connectivity index (χ1) is 16.1. The van der Waals surface area contributed by atoms with E-state index in [0.29, 0.717) is 18.0 Å². The van der Waals surface area contributed by atoms with Gasteiger partial charge in [0.25, 0.3) is 5.91 Å².